The van der Waals surface area contributed by atoms with E-state index in [1.807, 2.05) is 24.3 Å². The lowest BCUT2D eigenvalue weighted by atomic mass is 9.78. The highest BCUT2D eigenvalue weighted by Crippen LogP contribution is 2.33. The second-order valence-corrected chi connectivity index (χ2v) is 6.76. The van der Waals surface area contributed by atoms with Gasteiger partial charge in [0.25, 0.3) is 5.91 Å². The zero-order valence-electron chi connectivity index (χ0n) is 14.2. The third-order valence-corrected chi connectivity index (χ3v) is 5.04. The molecular formula is C20H19N3O3. The van der Waals surface area contributed by atoms with E-state index in [-0.39, 0.29) is 12.5 Å². The largest absolute Gasteiger partial charge is 0.325 e. The van der Waals surface area contributed by atoms with Gasteiger partial charge in [-0.2, -0.15) is 0 Å². The van der Waals surface area contributed by atoms with E-state index in [0.29, 0.717) is 18.5 Å². The zero-order valence-corrected chi connectivity index (χ0v) is 14.2. The summed E-state index contributed by atoms with van der Waals surface area (Å²) in [5.74, 6) is -0.715. The van der Waals surface area contributed by atoms with Gasteiger partial charge < -0.3 is 10.6 Å². The molecule has 1 saturated heterocycles. The molecule has 132 valence electrons. The highest BCUT2D eigenvalue weighted by molar-refractivity contribution is 6.10. The number of nitrogens with zero attached hydrogens (tertiary/aromatic N) is 1. The van der Waals surface area contributed by atoms with Crippen LogP contribution in [-0.4, -0.2) is 34.8 Å². The van der Waals surface area contributed by atoms with Crippen molar-refractivity contribution in [3.63, 3.8) is 0 Å². The first-order valence-electron chi connectivity index (χ1n) is 8.63. The van der Waals surface area contributed by atoms with Crippen molar-refractivity contribution in [2.45, 2.75) is 24.8 Å². The summed E-state index contributed by atoms with van der Waals surface area (Å²) in [6.45, 7) is -0.289. The van der Waals surface area contributed by atoms with Crippen molar-refractivity contribution < 1.29 is 14.4 Å². The van der Waals surface area contributed by atoms with Gasteiger partial charge >= 0.3 is 6.03 Å². The molecule has 0 bridgehead atoms. The molecule has 1 aliphatic carbocycles. The summed E-state index contributed by atoms with van der Waals surface area (Å²) in [4.78, 5) is 38.6. The molecule has 1 aliphatic heterocycles. The monoisotopic (exact) mass is 349 g/mol. The lowest BCUT2D eigenvalue weighted by Gasteiger charge is -2.32. The number of urea groups is 1. The van der Waals surface area contributed by atoms with Crippen molar-refractivity contribution in [2.75, 3.05) is 11.9 Å². The number of carbonyl (C=O) groups excluding carboxylic acids is 3. The van der Waals surface area contributed by atoms with Gasteiger partial charge in [0.15, 0.2) is 0 Å². The Bertz CT molecular complexity index is 881. The number of aryl methyl sites for hydroxylation is 1. The summed E-state index contributed by atoms with van der Waals surface area (Å²) in [7, 11) is 0. The first kappa shape index (κ1) is 16.3. The number of amides is 4. The standard InChI is InChI=1S/C20H19N3O3/c24-17(21-16-8-2-1-3-9-16)13-23-18(25)20(22-19(23)26)11-10-14-6-4-5-7-15(14)12-20/h1-9H,10-13H2,(H,21,24)(H,22,26). The van der Waals surface area contributed by atoms with Crippen LogP contribution in [0, 0.1) is 0 Å². The van der Waals surface area contributed by atoms with Crippen molar-refractivity contribution in [3.8, 4) is 0 Å². The Kier molecular flexibility index (Phi) is 3.95. The zero-order chi connectivity index (χ0) is 18.1. The molecule has 4 rings (SSSR count). The van der Waals surface area contributed by atoms with E-state index in [4.69, 9.17) is 0 Å². The van der Waals surface area contributed by atoms with Crippen LogP contribution in [-0.2, 0) is 22.4 Å². The molecule has 2 aromatic rings. The number of benzene rings is 2. The van der Waals surface area contributed by atoms with E-state index in [1.54, 1.807) is 24.3 Å². The van der Waals surface area contributed by atoms with Gasteiger partial charge in [-0.05, 0) is 36.1 Å². The predicted molar refractivity (Wildman–Crippen MR) is 96.5 cm³/mol. The number of imide groups is 1. The van der Waals surface area contributed by atoms with Crippen molar-refractivity contribution in [1.82, 2.24) is 10.2 Å². The molecule has 1 fully saturated rings. The normalized spacial score (nSPS) is 21.5. The fourth-order valence-electron chi connectivity index (χ4n) is 3.71. The molecule has 1 unspecified atom stereocenters. The lowest BCUT2D eigenvalue weighted by molar-refractivity contribution is -0.134. The molecule has 1 spiro atoms. The van der Waals surface area contributed by atoms with Crippen LogP contribution in [0.2, 0.25) is 0 Å². The minimum Gasteiger partial charge on any atom is -0.325 e. The van der Waals surface area contributed by atoms with Gasteiger partial charge in [-0.15, -0.1) is 0 Å². The summed E-state index contributed by atoms with van der Waals surface area (Å²) < 4.78 is 0. The number of carbonyl (C=O) groups is 3. The summed E-state index contributed by atoms with van der Waals surface area (Å²) >= 11 is 0. The van der Waals surface area contributed by atoms with Crippen LogP contribution in [0.5, 0.6) is 0 Å². The van der Waals surface area contributed by atoms with E-state index in [2.05, 4.69) is 16.7 Å². The quantitative estimate of drug-likeness (QED) is 0.833. The Hall–Kier alpha value is -3.15. The van der Waals surface area contributed by atoms with Gasteiger partial charge in [0.1, 0.15) is 12.1 Å². The molecule has 1 heterocycles. The van der Waals surface area contributed by atoms with E-state index in [9.17, 15) is 14.4 Å². The molecule has 2 aromatic carbocycles. The maximum Gasteiger partial charge on any atom is 0.325 e. The third-order valence-electron chi connectivity index (χ3n) is 5.04. The highest BCUT2D eigenvalue weighted by Gasteiger charge is 2.52. The van der Waals surface area contributed by atoms with Gasteiger partial charge in [0, 0.05) is 12.1 Å². The second kappa shape index (κ2) is 6.29. The van der Waals surface area contributed by atoms with E-state index in [1.165, 1.54) is 5.56 Å². The molecule has 2 aliphatic rings. The van der Waals surface area contributed by atoms with Crippen LogP contribution < -0.4 is 10.6 Å². The van der Waals surface area contributed by atoms with Crippen LogP contribution in [0.1, 0.15) is 17.5 Å². The molecular weight excluding hydrogens is 330 g/mol. The summed E-state index contributed by atoms with van der Waals surface area (Å²) in [5, 5.41) is 5.54. The fourth-order valence-corrected chi connectivity index (χ4v) is 3.71. The smallest absolute Gasteiger partial charge is 0.325 e. The maximum atomic E-state index is 13.0. The first-order valence-corrected chi connectivity index (χ1v) is 8.63. The van der Waals surface area contributed by atoms with Crippen molar-refractivity contribution in [2.24, 2.45) is 0 Å². The summed E-state index contributed by atoms with van der Waals surface area (Å²) in [5.41, 5.74) is 1.98. The lowest BCUT2D eigenvalue weighted by Crippen LogP contribution is -2.51. The molecule has 2 N–H and O–H groups in total. The molecule has 6 heteroatoms. The Morgan fingerprint density at radius 3 is 2.50 bits per heavy atom. The number of hydrogen-bond acceptors (Lipinski definition) is 3. The van der Waals surface area contributed by atoms with Crippen LogP contribution in [0.3, 0.4) is 0 Å². The minimum absolute atomic E-state index is 0.289. The van der Waals surface area contributed by atoms with Gasteiger partial charge in [-0.1, -0.05) is 42.5 Å². The summed E-state index contributed by atoms with van der Waals surface area (Å²) in [6, 6.07) is 16.4. The minimum atomic E-state index is -0.932. The number of fused-ring (bicyclic) bond motifs is 1. The third kappa shape index (κ3) is 2.83. The van der Waals surface area contributed by atoms with Crippen molar-refractivity contribution in [3.05, 3.63) is 65.7 Å². The average molecular weight is 349 g/mol. The average Bonchev–Trinajstić information content (AvgIpc) is 2.86. The molecule has 1 atom stereocenters. The molecule has 4 amide bonds. The topological polar surface area (TPSA) is 78.5 Å². The highest BCUT2D eigenvalue weighted by atomic mass is 16.2. The predicted octanol–water partition coefficient (Wildman–Crippen LogP) is 2.10. The van der Waals surface area contributed by atoms with Gasteiger partial charge in [0.05, 0.1) is 0 Å². The SMILES string of the molecule is O=C(CN1C(=O)NC2(CCc3ccccc3C2)C1=O)Nc1ccccc1. The number of rotatable bonds is 3. The Balaban J connectivity index is 1.49. The number of nitrogens with one attached hydrogen (secondary N) is 2. The Morgan fingerprint density at radius 1 is 1.04 bits per heavy atom. The van der Waals surface area contributed by atoms with Crippen LogP contribution in [0.15, 0.2) is 54.6 Å². The number of anilines is 1. The van der Waals surface area contributed by atoms with Crippen LogP contribution in [0.25, 0.3) is 0 Å². The van der Waals surface area contributed by atoms with Gasteiger partial charge in [-0.25, -0.2) is 4.79 Å². The van der Waals surface area contributed by atoms with E-state index in [0.717, 1.165) is 16.9 Å². The number of hydrogen-bond donors (Lipinski definition) is 2. The molecule has 6 nitrogen and oxygen atoms in total. The molecule has 0 aromatic heterocycles. The van der Waals surface area contributed by atoms with E-state index >= 15 is 0 Å². The molecule has 0 saturated carbocycles. The van der Waals surface area contributed by atoms with Crippen molar-refractivity contribution >= 4 is 23.5 Å². The first-order chi connectivity index (χ1) is 12.6. The molecule has 26 heavy (non-hydrogen) atoms. The second-order valence-electron chi connectivity index (χ2n) is 6.76. The van der Waals surface area contributed by atoms with Gasteiger partial charge in [0.2, 0.25) is 5.91 Å². The maximum absolute atomic E-state index is 13.0. The van der Waals surface area contributed by atoms with Crippen LogP contribution in [0.4, 0.5) is 10.5 Å². The fraction of sp³-hybridized carbons (Fsp3) is 0.250. The number of para-hydroxylation sites is 1. The van der Waals surface area contributed by atoms with Crippen molar-refractivity contribution in [1.29, 1.82) is 0 Å². The van der Waals surface area contributed by atoms with E-state index < -0.39 is 17.5 Å². The Morgan fingerprint density at radius 2 is 1.73 bits per heavy atom. The summed E-state index contributed by atoms with van der Waals surface area (Å²) in [6.07, 6.45) is 1.74. The Labute approximate surface area is 151 Å². The molecule has 0 radical (unpaired) electrons. The van der Waals surface area contributed by atoms with Gasteiger partial charge in [-0.3, -0.25) is 14.5 Å². The van der Waals surface area contributed by atoms with Crippen LogP contribution >= 0.6 is 0 Å².